The van der Waals surface area contributed by atoms with Crippen LogP contribution in [0.5, 0.6) is 5.75 Å². The molecule has 3 N–H and O–H groups in total. The molecule has 0 aliphatic carbocycles. The van der Waals surface area contributed by atoms with Crippen LogP contribution in [-0.4, -0.2) is 19.2 Å². The molecule has 3 heteroatoms. The fourth-order valence-electron chi connectivity index (χ4n) is 1.36. The predicted molar refractivity (Wildman–Crippen MR) is 64.5 cm³/mol. The molecule has 0 atom stereocenters. The van der Waals surface area contributed by atoms with Gasteiger partial charge in [-0.15, -0.1) is 0 Å². The average molecular weight is 208 g/mol. The van der Waals surface area contributed by atoms with Gasteiger partial charge in [-0.25, -0.2) is 0 Å². The van der Waals surface area contributed by atoms with E-state index in [1.165, 1.54) is 0 Å². The first kappa shape index (κ1) is 11.9. The normalized spacial score (nSPS) is 10.5. The summed E-state index contributed by atoms with van der Waals surface area (Å²) in [6.07, 6.45) is 0.214. The number of hydrogen-bond donors (Lipinski definition) is 2. The molecule has 84 valence electrons. The summed E-state index contributed by atoms with van der Waals surface area (Å²) in [5.41, 5.74) is 7.66. The van der Waals surface area contributed by atoms with E-state index in [0.29, 0.717) is 6.54 Å². The van der Waals surface area contributed by atoms with Gasteiger partial charge in [-0.3, -0.25) is 0 Å². The predicted octanol–water partition coefficient (Wildman–Crippen LogP) is 2.15. The molecule has 0 saturated heterocycles. The molecule has 0 aromatic heterocycles. The maximum atomic E-state index is 5.65. The molecule has 0 aliphatic rings. The topological polar surface area (TPSA) is 47.3 Å². The smallest absolute Gasteiger partial charge is 0.122 e. The van der Waals surface area contributed by atoms with E-state index in [9.17, 15) is 0 Å². The third-order valence-corrected chi connectivity index (χ3v) is 2.01. The maximum absolute atomic E-state index is 5.65. The van der Waals surface area contributed by atoms with E-state index in [1.54, 1.807) is 0 Å². The first-order valence-electron chi connectivity index (χ1n) is 5.34. The molecule has 1 aromatic carbocycles. The van der Waals surface area contributed by atoms with E-state index in [-0.39, 0.29) is 6.10 Å². The number of nitrogens with one attached hydrogen (secondary N) is 1. The Morgan fingerprint density at radius 3 is 2.67 bits per heavy atom. The van der Waals surface area contributed by atoms with Gasteiger partial charge in [0.1, 0.15) is 5.75 Å². The Bertz CT molecular complexity index is 310. The molecule has 0 amide bonds. The largest absolute Gasteiger partial charge is 0.491 e. The quantitative estimate of drug-likeness (QED) is 0.779. The molecule has 0 spiro atoms. The number of aryl methyl sites for hydroxylation is 1. The number of benzene rings is 1. The molecular weight excluding hydrogens is 188 g/mol. The van der Waals surface area contributed by atoms with Gasteiger partial charge in [0.05, 0.1) is 6.10 Å². The second kappa shape index (κ2) is 5.61. The highest BCUT2D eigenvalue weighted by molar-refractivity contribution is 5.50. The van der Waals surface area contributed by atoms with Crippen LogP contribution in [0, 0.1) is 6.92 Å². The molecule has 0 heterocycles. The summed E-state index contributed by atoms with van der Waals surface area (Å²) in [6.45, 7) is 7.54. The lowest BCUT2D eigenvalue weighted by atomic mass is 10.2. The van der Waals surface area contributed by atoms with E-state index in [4.69, 9.17) is 10.5 Å². The summed E-state index contributed by atoms with van der Waals surface area (Å²) in [4.78, 5) is 0. The van der Waals surface area contributed by atoms with E-state index in [2.05, 4.69) is 11.4 Å². The van der Waals surface area contributed by atoms with Crippen LogP contribution < -0.4 is 15.8 Å². The second-order valence-corrected chi connectivity index (χ2v) is 3.86. The molecule has 1 rings (SSSR count). The van der Waals surface area contributed by atoms with Crippen LogP contribution in [0.4, 0.5) is 5.69 Å². The first-order valence-corrected chi connectivity index (χ1v) is 5.34. The highest BCUT2D eigenvalue weighted by Gasteiger charge is 2.02. The van der Waals surface area contributed by atoms with Gasteiger partial charge in [-0.1, -0.05) is 0 Å². The Hall–Kier alpha value is -1.22. The zero-order chi connectivity index (χ0) is 11.3. The fraction of sp³-hybridized carbons (Fsp3) is 0.500. The van der Waals surface area contributed by atoms with Gasteiger partial charge < -0.3 is 15.8 Å². The Morgan fingerprint density at radius 2 is 2.13 bits per heavy atom. The van der Waals surface area contributed by atoms with E-state index >= 15 is 0 Å². The van der Waals surface area contributed by atoms with Crippen molar-refractivity contribution < 1.29 is 4.74 Å². The van der Waals surface area contributed by atoms with Gasteiger partial charge in [0, 0.05) is 18.8 Å². The zero-order valence-electron chi connectivity index (χ0n) is 9.71. The molecule has 15 heavy (non-hydrogen) atoms. The SMILES string of the molecule is Cc1cc(NCCN)ccc1OC(C)C. The summed E-state index contributed by atoms with van der Waals surface area (Å²) in [5.74, 6) is 0.947. The van der Waals surface area contributed by atoms with Gasteiger partial charge in [-0.05, 0) is 44.5 Å². The number of anilines is 1. The Balaban J connectivity index is 2.70. The molecule has 3 nitrogen and oxygen atoms in total. The third kappa shape index (κ3) is 3.80. The van der Waals surface area contributed by atoms with Crippen molar-refractivity contribution in [3.05, 3.63) is 23.8 Å². The van der Waals surface area contributed by atoms with E-state index in [1.807, 2.05) is 32.9 Å². The van der Waals surface area contributed by atoms with Crippen molar-refractivity contribution in [3.8, 4) is 5.75 Å². The number of nitrogens with two attached hydrogens (primary N) is 1. The molecule has 0 unspecified atom stereocenters. The van der Waals surface area contributed by atoms with Crippen molar-refractivity contribution in [1.29, 1.82) is 0 Å². The number of ether oxygens (including phenoxy) is 1. The Labute approximate surface area is 91.6 Å². The van der Waals surface area contributed by atoms with Gasteiger partial charge in [0.15, 0.2) is 0 Å². The van der Waals surface area contributed by atoms with Crippen LogP contribution in [0.15, 0.2) is 18.2 Å². The van der Waals surface area contributed by atoms with Crippen molar-refractivity contribution in [1.82, 2.24) is 0 Å². The highest BCUT2D eigenvalue weighted by Crippen LogP contribution is 2.22. The lowest BCUT2D eigenvalue weighted by Gasteiger charge is -2.13. The second-order valence-electron chi connectivity index (χ2n) is 3.86. The summed E-state index contributed by atoms with van der Waals surface area (Å²) in [6, 6.07) is 6.09. The first-order chi connectivity index (χ1) is 7.13. The number of rotatable bonds is 5. The zero-order valence-corrected chi connectivity index (χ0v) is 9.71. The summed E-state index contributed by atoms with van der Waals surface area (Å²) < 4.78 is 5.65. The molecule has 0 bridgehead atoms. The average Bonchev–Trinajstić information content (AvgIpc) is 2.18. The summed E-state index contributed by atoms with van der Waals surface area (Å²) in [5, 5.41) is 3.24. The molecule has 0 aliphatic heterocycles. The van der Waals surface area contributed by atoms with E-state index < -0.39 is 0 Å². The number of hydrogen-bond acceptors (Lipinski definition) is 3. The van der Waals surface area contributed by atoms with Crippen molar-refractivity contribution in [2.24, 2.45) is 5.73 Å². The van der Waals surface area contributed by atoms with Crippen LogP contribution in [0.2, 0.25) is 0 Å². The van der Waals surface area contributed by atoms with Crippen LogP contribution in [0.25, 0.3) is 0 Å². The molecular formula is C12H20N2O. The van der Waals surface area contributed by atoms with Crippen LogP contribution in [0.3, 0.4) is 0 Å². The van der Waals surface area contributed by atoms with Gasteiger partial charge in [-0.2, -0.15) is 0 Å². The Kier molecular flexibility index (Phi) is 4.43. The van der Waals surface area contributed by atoms with Crippen molar-refractivity contribution in [3.63, 3.8) is 0 Å². The summed E-state index contributed by atoms with van der Waals surface area (Å²) >= 11 is 0. The van der Waals surface area contributed by atoms with E-state index in [0.717, 1.165) is 23.5 Å². The van der Waals surface area contributed by atoms with Crippen LogP contribution in [0.1, 0.15) is 19.4 Å². The Morgan fingerprint density at radius 1 is 1.40 bits per heavy atom. The van der Waals surface area contributed by atoms with Crippen molar-refractivity contribution in [2.75, 3.05) is 18.4 Å². The molecule has 1 aromatic rings. The van der Waals surface area contributed by atoms with Gasteiger partial charge >= 0.3 is 0 Å². The lowest BCUT2D eigenvalue weighted by molar-refractivity contribution is 0.241. The standard InChI is InChI=1S/C12H20N2O/c1-9(2)15-12-5-4-11(8-10(12)3)14-7-6-13/h4-5,8-9,14H,6-7,13H2,1-3H3. The minimum absolute atomic E-state index is 0.214. The minimum atomic E-state index is 0.214. The van der Waals surface area contributed by atoms with Crippen molar-refractivity contribution >= 4 is 5.69 Å². The fourth-order valence-corrected chi connectivity index (χ4v) is 1.36. The van der Waals surface area contributed by atoms with Crippen LogP contribution in [-0.2, 0) is 0 Å². The monoisotopic (exact) mass is 208 g/mol. The summed E-state index contributed by atoms with van der Waals surface area (Å²) in [7, 11) is 0. The highest BCUT2D eigenvalue weighted by atomic mass is 16.5. The van der Waals surface area contributed by atoms with Crippen molar-refractivity contribution in [2.45, 2.75) is 26.9 Å². The van der Waals surface area contributed by atoms with Crippen LogP contribution >= 0.6 is 0 Å². The van der Waals surface area contributed by atoms with Gasteiger partial charge in [0.25, 0.3) is 0 Å². The molecule has 0 radical (unpaired) electrons. The molecule has 0 saturated carbocycles. The minimum Gasteiger partial charge on any atom is -0.491 e. The maximum Gasteiger partial charge on any atom is 0.122 e. The lowest BCUT2D eigenvalue weighted by Crippen LogP contribution is -2.13. The van der Waals surface area contributed by atoms with Gasteiger partial charge in [0.2, 0.25) is 0 Å². The third-order valence-electron chi connectivity index (χ3n) is 2.01. The molecule has 0 fully saturated rings.